The zero-order valence-electron chi connectivity index (χ0n) is 10.1. The minimum absolute atomic E-state index is 0.162. The fourth-order valence-electron chi connectivity index (χ4n) is 1.69. The van der Waals surface area contributed by atoms with Crippen molar-refractivity contribution in [3.63, 3.8) is 0 Å². The van der Waals surface area contributed by atoms with Crippen LogP contribution in [0.4, 0.5) is 4.39 Å². The first kappa shape index (κ1) is 13.0. The lowest BCUT2D eigenvalue weighted by atomic mass is 10.0. The summed E-state index contributed by atoms with van der Waals surface area (Å²) in [5.41, 5.74) is 2.46. The van der Waals surface area contributed by atoms with Crippen molar-refractivity contribution in [1.82, 2.24) is 0 Å². The number of halogens is 2. The summed E-state index contributed by atoms with van der Waals surface area (Å²) in [6, 6.07) is 9.91. The zero-order valence-corrected chi connectivity index (χ0v) is 11.7. The summed E-state index contributed by atoms with van der Waals surface area (Å²) in [5, 5.41) is 0. The van der Waals surface area contributed by atoms with E-state index in [2.05, 4.69) is 15.9 Å². The molecule has 0 aliphatic rings. The van der Waals surface area contributed by atoms with Crippen molar-refractivity contribution in [2.24, 2.45) is 0 Å². The highest BCUT2D eigenvalue weighted by atomic mass is 79.9. The van der Waals surface area contributed by atoms with Gasteiger partial charge in [0.05, 0.1) is 0 Å². The molecule has 1 nitrogen and oxygen atoms in total. The number of carbonyl (C=O) groups is 1. The number of carbonyl (C=O) groups excluding carboxylic acids is 1. The second-order valence-corrected chi connectivity index (χ2v) is 5.11. The van der Waals surface area contributed by atoms with Gasteiger partial charge in [0.25, 0.3) is 0 Å². The maximum absolute atomic E-state index is 13.4. The van der Waals surface area contributed by atoms with Gasteiger partial charge in [0.15, 0.2) is 5.78 Å². The maximum Gasteiger partial charge on any atom is 0.193 e. The van der Waals surface area contributed by atoms with Gasteiger partial charge >= 0.3 is 0 Å². The summed E-state index contributed by atoms with van der Waals surface area (Å²) in [4.78, 5) is 12.2. The topological polar surface area (TPSA) is 17.1 Å². The molecule has 0 unspecified atom stereocenters. The second-order valence-electron chi connectivity index (χ2n) is 4.26. The average molecular weight is 307 g/mol. The fourth-order valence-corrected chi connectivity index (χ4v) is 1.93. The van der Waals surface area contributed by atoms with Gasteiger partial charge in [-0.05, 0) is 49.2 Å². The summed E-state index contributed by atoms with van der Waals surface area (Å²) < 4.78 is 14.4. The summed E-state index contributed by atoms with van der Waals surface area (Å²) in [7, 11) is 0. The summed E-state index contributed by atoms with van der Waals surface area (Å²) >= 11 is 3.38. The van der Waals surface area contributed by atoms with Crippen LogP contribution in [-0.2, 0) is 0 Å². The Kier molecular flexibility index (Phi) is 3.62. The number of rotatable bonds is 2. The zero-order chi connectivity index (χ0) is 13.3. The molecule has 0 saturated carbocycles. The van der Waals surface area contributed by atoms with E-state index in [0.29, 0.717) is 16.7 Å². The van der Waals surface area contributed by atoms with Crippen LogP contribution in [0.1, 0.15) is 27.0 Å². The van der Waals surface area contributed by atoms with Gasteiger partial charge in [0.1, 0.15) is 5.82 Å². The molecule has 0 fully saturated rings. The van der Waals surface area contributed by atoms with Crippen LogP contribution in [0.2, 0.25) is 0 Å². The van der Waals surface area contributed by atoms with Crippen LogP contribution >= 0.6 is 15.9 Å². The lowest BCUT2D eigenvalue weighted by molar-refractivity contribution is 0.103. The van der Waals surface area contributed by atoms with Gasteiger partial charge in [0, 0.05) is 15.6 Å². The molecule has 0 bridgehead atoms. The number of hydrogen-bond donors (Lipinski definition) is 0. The van der Waals surface area contributed by atoms with E-state index in [4.69, 9.17) is 0 Å². The molecule has 0 N–H and O–H groups in total. The molecular formula is C15H12BrFO. The van der Waals surface area contributed by atoms with Crippen molar-refractivity contribution >= 4 is 21.7 Å². The molecule has 18 heavy (non-hydrogen) atoms. The molecule has 0 radical (unpaired) electrons. The largest absolute Gasteiger partial charge is 0.289 e. The van der Waals surface area contributed by atoms with E-state index in [1.165, 1.54) is 6.07 Å². The van der Waals surface area contributed by atoms with E-state index in [0.717, 1.165) is 10.0 Å². The van der Waals surface area contributed by atoms with Crippen LogP contribution in [-0.4, -0.2) is 5.78 Å². The Hall–Kier alpha value is -1.48. The highest BCUT2D eigenvalue weighted by molar-refractivity contribution is 9.10. The van der Waals surface area contributed by atoms with E-state index in [1.54, 1.807) is 31.2 Å². The average Bonchev–Trinajstić information content (AvgIpc) is 2.35. The maximum atomic E-state index is 13.4. The molecule has 0 saturated heterocycles. The predicted octanol–water partition coefficient (Wildman–Crippen LogP) is 4.44. The van der Waals surface area contributed by atoms with Gasteiger partial charge in [-0.1, -0.05) is 28.1 Å². The lowest BCUT2D eigenvalue weighted by Gasteiger charge is -2.05. The molecule has 0 aliphatic heterocycles. The van der Waals surface area contributed by atoms with E-state index in [1.807, 2.05) is 13.0 Å². The molecule has 2 aromatic carbocycles. The van der Waals surface area contributed by atoms with Crippen molar-refractivity contribution in [2.75, 3.05) is 0 Å². The number of hydrogen-bond acceptors (Lipinski definition) is 1. The highest BCUT2D eigenvalue weighted by Gasteiger charge is 2.11. The molecular weight excluding hydrogens is 295 g/mol. The van der Waals surface area contributed by atoms with Crippen molar-refractivity contribution < 1.29 is 9.18 Å². The number of ketones is 1. The molecule has 92 valence electrons. The van der Waals surface area contributed by atoms with Gasteiger partial charge in [0.2, 0.25) is 0 Å². The summed E-state index contributed by atoms with van der Waals surface area (Å²) in [6.45, 7) is 3.59. The molecule has 2 aromatic rings. The molecule has 2 rings (SSSR count). The van der Waals surface area contributed by atoms with Crippen LogP contribution in [0.5, 0.6) is 0 Å². The first-order valence-corrected chi connectivity index (χ1v) is 6.35. The molecule has 0 heterocycles. The molecule has 0 spiro atoms. The third-order valence-electron chi connectivity index (χ3n) is 2.85. The quantitative estimate of drug-likeness (QED) is 0.750. The van der Waals surface area contributed by atoms with Gasteiger partial charge < -0.3 is 0 Å². The first-order chi connectivity index (χ1) is 8.49. The minimum atomic E-state index is -0.352. The standard InChI is InChI=1S/C15H12BrFO/c1-9-3-4-12(8-14(9)17)15(18)11-5-6-13(16)10(2)7-11/h3-8H,1-2H3. The second kappa shape index (κ2) is 5.02. The Morgan fingerprint density at radius 3 is 2.22 bits per heavy atom. The van der Waals surface area contributed by atoms with Crippen LogP contribution in [0.3, 0.4) is 0 Å². The van der Waals surface area contributed by atoms with Crippen molar-refractivity contribution in [3.05, 3.63) is 68.9 Å². The summed E-state index contributed by atoms with van der Waals surface area (Å²) in [6.07, 6.45) is 0. The van der Waals surface area contributed by atoms with Crippen LogP contribution < -0.4 is 0 Å². The Labute approximate surface area is 114 Å². The molecule has 0 aliphatic carbocycles. The predicted molar refractivity (Wildman–Crippen MR) is 73.4 cm³/mol. The monoisotopic (exact) mass is 306 g/mol. The van der Waals surface area contributed by atoms with Gasteiger partial charge in [-0.3, -0.25) is 4.79 Å². The van der Waals surface area contributed by atoms with Crippen LogP contribution in [0.15, 0.2) is 40.9 Å². The van der Waals surface area contributed by atoms with Gasteiger partial charge in [-0.2, -0.15) is 0 Å². The van der Waals surface area contributed by atoms with Crippen molar-refractivity contribution in [1.29, 1.82) is 0 Å². The van der Waals surface area contributed by atoms with Crippen molar-refractivity contribution in [3.8, 4) is 0 Å². The number of aryl methyl sites for hydroxylation is 2. The lowest BCUT2D eigenvalue weighted by Crippen LogP contribution is -2.02. The third-order valence-corrected chi connectivity index (χ3v) is 3.74. The molecule has 0 aromatic heterocycles. The SMILES string of the molecule is Cc1ccc(C(=O)c2ccc(Br)c(C)c2)cc1F. The van der Waals surface area contributed by atoms with E-state index >= 15 is 0 Å². The molecule has 0 atom stereocenters. The van der Waals surface area contributed by atoms with Crippen molar-refractivity contribution in [2.45, 2.75) is 13.8 Å². The Morgan fingerprint density at radius 1 is 1.00 bits per heavy atom. The van der Waals surface area contributed by atoms with E-state index in [9.17, 15) is 9.18 Å². The van der Waals surface area contributed by atoms with E-state index < -0.39 is 0 Å². The van der Waals surface area contributed by atoms with Gasteiger partial charge in [-0.25, -0.2) is 4.39 Å². The first-order valence-electron chi connectivity index (χ1n) is 5.56. The minimum Gasteiger partial charge on any atom is -0.289 e. The Bertz CT molecular complexity index is 566. The highest BCUT2D eigenvalue weighted by Crippen LogP contribution is 2.20. The third kappa shape index (κ3) is 2.51. The normalized spacial score (nSPS) is 10.4. The van der Waals surface area contributed by atoms with Crippen LogP contribution in [0.25, 0.3) is 0 Å². The van der Waals surface area contributed by atoms with Crippen LogP contribution in [0, 0.1) is 19.7 Å². The van der Waals surface area contributed by atoms with E-state index in [-0.39, 0.29) is 11.6 Å². The molecule has 3 heteroatoms. The fraction of sp³-hybridized carbons (Fsp3) is 0.133. The Balaban J connectivity index is 2.41. The van der Waals surface area contributed by atoms with Gasteiger partial charge in [-0.15, -0.1) is 0 Å². The Morgan fingerprint density at radius 2 is 1.61 bits per heavy atom. The molecule has 0 amide bonds. The summed E-state index contributed by atoms with van der Waals surface area (Å²) in [5.74, 6) is -0.515. The number of benzene rings is 2. The smallest absolute Gasteiger partial charge is 0.193 e.